The van der Waals surface area contributed by atoms with E-state index in [1.807, 2.05) is 55.5 Å². The Labute approximate surface area is 289 Å². The summed E-state index contributed by atoms with van der Waals surface area (Å²) >= 11 is 0. The molecule has 0 aliphatic carbocycles. The quantitative estimate of drug-likeness (QED) is 0.311. The van der Waals surface area contributed by atoms with Crippen molar-refractivity contribution in [3.63, 3.8) is 0 Å². The lowest BCUT2D eigenvalue weighted by Gasteiger charge is -2.42. The smallest absolute Gasteiger partial charge is 0.416 e. The topological polar surface area (TPSA) is 102 Å². The first-order valence-corrected chi connectivity index (χ1v) is 17.1. The van der Waals surface area contributed by atoms with Gasteiger partial charge in [0.2, 0.25) is 0 Å². The maximum atomic E-state index is 14.5. The zero-order valence-electron chi connectivity index (χ0n) is 28.8. The number of halogens is 3. The highest BCUT2D eigenvalue weighted by Gasteiger charge is 2.44. The monoisotopic (exact) mass is 696 g/mol. The fraction of sp³-hybridized carbons (Fsp3) is 0.556. The van der Waals surface area contributed by atoms with Gasteiger partial charge in [0.15, 0.2) is 0 Å². The van der Waals surface area contributed by atoms with Crippen molar-refractivity contribution >= 4 is 23.4 Å². The summed E-state index contributed by atoms with van der Waals surface area (Å²) in [4.78, 5) is 31.2. The Kier molecular flexibility index (Phi) is 8.82. The number of rotatable bonds is 8. The molecule has 1 aromatic heterocycles. The van der Waals surface area contributed by atoms with Crippen LogP contribution in [-0.2, 0) is 45.8 Å². The number of ether oxygens (including phenoxy) is 3. The number of likely N-dealkylation sites (tertiary alicyclic amines) is 1. The van der Waals surface area contributed by atoms with E-state index in [0.29, 0.717) is 69.7 Å². The molecule has 268 valence electrons. The largest absolute Gasteiger partial charge is 0.444 e. The number of amides is 2. The number of benzene rings is 2. The standard InChI is InChI=1S/C36H43F3N6O5/c1-34(2,3)50-33(47)43-10-8-23(9-11-43)19-49-27-16-44(17-27)26-13-28-29(30(14-26)36(37,38)39)18-45(32(28)46)25-7-5-6-24(12-25)35(20-48-21-35)15-31-41-40-22-42(31)4/h5-7,12-14,22-23,27H,8-11,15-21H2,1-4H3. The maximum Gasteiger partial charge on any atom is 0.416 e. The Morgan fingerprint density at radius 1 is 1.06 bits per heavy atom. The van der Waals surface area contributed by atoms with Gasteiger partial charge in [-0.15, -0.1) is 10.2 Å². The van der Waals surface area contributed by atoms with Crippen LogP contribution in [0.1, 0.15) is 66.5 Å². The molecule has 4 aliphatic rings. The maximum absolute atomic E-state index is 14.5. The van der Waals surface area contributed by atoms with E-state index in [4.69, 9.17) is 14.2 Å². The summed E-state index contributed by atoms with van der Waals surface area (Å²) in [5.74, 6) is 0.632. The molecule has 11 nitrogen and oxygen atoms in total. The molecule has 0 atom stereocenters. The number of hydrogen-bond acceptors (Lipinski definition) is 8. The van der Waals surface area contributed by atoms with Gasteiger partial charge in [0, 0.05) is 62.0 Å². The van der Waals surface area contributed by atoms with Crippen molar-refractivity contribution in [3.05, 3.63) is 70.8 Å². The normalized spacial score (nSPS) is 19.7. The van der Waals surface area contributed by atoms with Crippen LogP contribution in [0.2, 0.25) is 0 Å². The predicted molar refractivity (Wildman–Crippen MR) is 178 cm³/mol. The van der Waals surface area contributed by atoms with Crippen molar-refractivity contribution in [1.29, 1.82) is 0 Å². The number of fused-ring (bicyclic) bond motifs is 1. The van der Waals surface area contributed by atoms with Crippen LogP contribution in [0.4, 0.5) is 29.3 Å². The summed E-state index contributed by atoms with van der Waals surface area (Å²) in [5, 5.41) is 8.21. The summed E-state index contributed by atoms with van der Waals surface area (Å²) in [7, 11) is 1.87. The number of carbonyl (C=O) groups excluding carboxylic acids is 2. The minimum Gasteiger partial charge on any atom is -0.444 e. The lowest BCUT2D eigenvalue weighted by Crippen LogP contribution is -2.53. The third kappa shape index (κ3) is 6.79. The third-order valence-corrected chi connectivity index (χ3v) is 10.2. The number of anilines is 2. The van der Waals surface area contributed by atoms with Crippen LogP contribution in [0, 0.1) is 5.92 Å². The fourth-order valence-electron chi connectivity index (χ4n) is 7.17. The average molecular weight is 697 g/mol. The van der Waals surface area contributed by atoms with Gasteiger partial charge < -0.3 is 33.5 Å². The van der Waals surface area contributed by atoms with E-state index in [2.05, 4.69) is 10.2 Å². The Bertz CT molecular complexity index is 1750. The Morgan fingerprint density at radius 2 is 1.80 bits per heavy atom. The molecule has 7 rings (SSSR count). The first kappa shape index (κ1) is 34.3. The molecule has 0 bridgehead atoms. The number of nitrogens with zero attached hydrogens (tertiary/aromatic N) is 6. The van der Waals surface area contributed by atoms with Crippen LogP contribution in [-0.4, -0.2) is 89.4 Å². The van der Waals surface area contributed by atoms with Crippen molar-refractivity contribution in [2.24, 2.45) is 13.0 Å². The number of aromatic nitrogens is 3. The van der Waals surface area contributed by atoms with Crippen LogP contribution in [0.5, 0.6) is 0 Å². The molecule has 0 spiro atoms. The second-order valence-corrected chi connectivity index (χ2v) is 15.0. The minimum absolute atomic E-state index is 0.0107. The highest BCUT2D eigenvalue weighted by atomic mass is 19.4. The molecule has 3 saturated heterocycles. The van der Waals surface area contributed by atoms with Crippen LogP contribution in [0.3, 0.4) is 0 Å². The van der Waals surface area contributed by atoms with E-state index >= 15 is 0 Å². The lowest BCUT2D eigenvalue weighted by atomic mass is 9.75. The third-order valence-electron chi connectivity index (χ3n) is 10.2. The molecular weight excluding hydrogens is 653 g/mol. The van der Waals surface area contributed by atoms with Gasteiger partial charge in [0.05, 0.1) is 38.0 Å². The molecule has 3 fully saturated rings. The number of carbonyl (C=O) groups is 2. The second kappa shape index (κ2) is 12.9. The molecule has 0 radical (unpaired) electrons. The Hall–Kier alpha value is -4.17. The van der Waals surface area contributed by atoms with E-state index in [1.165, 1.54) is 4.90 Å². The SMILES string of the molecule is Cn1cnnc1CC1(c2cccc(N3Cc4c(cc(N5CC(OCC6CCN(C(=O)OC(C)(C)C)CC6)C5)cc4C(F)(F)F)C3=O)c2)COC1. The Morgan fingerprint density at radius 3 is 2.42 bits per heavy atom. The van der Waals surface area contributed by atoms with Crippen molar-refractivity contribution < 1.29 is 37.0 Å². The number of piperidine rings is 1. The van der Waals surface area contributed by atoms with E-state index in [-0.39, 0.29) is 35.3 Å². The zero-order valence-corrected chi connectivity index (χ0v) is 28.8. The zero-order chi connectivity index (χ0) is 35.4. The molecule has 0 saturated carbocycles. The summed E-state index contributed by atoms with van der Waals surface area (Å²) in [6.45, 7) is 8.89. The first-order chi connectivity index (χ1) is 23.7. The molecule has 2 amide bonds. The fourth-order valence-corrected chi connectivity index (χ4v) is 7.17. The molecule has 5 heterocycles. The molecule has 50 heavy (non-hydrogen) atoms. The van der Waals surface area contributed by atoms with Crippen LogP contribution in [0.25, 0.3) is 0 Å². The molecule has 0 unspecified atom stereocenters. The van der Waals surface area contributed by atoms with Gasteiger partial charge in [-0.05, 0) is 74.9 Å². The summed E-state index contributed by atoms with van der Waals surface area (Å²) in [6, 6.07) is 10.2. The van der Waals surface area contributed by atoms with Crippen LogP contribution >= 0.6 is 0 Å². The van der Waals surface area contributed by atoms with Gasteiger partial charge in [-0.25, -0.2) is 4.79 Å². The van der Waals surface area contributed by atoms with Crippen molar-refractivity contribution in [1.82, 2.24) is 19.7 Å². The molecule has 3 aromatic rings. The number of alkyl halides is 3. The summed E-state index contributed by atoms with van der Waals surface area (Å²) in [5.41, 5.74) is 0.195. The van der Waals surface area contributed by atoms with Gasteiger partial charge >= 0.3 is 12.3 Å². The van der Waals surface area contributed by atoms with E-state index < -0.39 is 23.2 Å². The van der Waals surface area contributed by atoms with Crippen LogP contribution < -0.4 is 9.80 Å². The van der Waals surface area contributed by atoms with Gasteiger partial charge in [0.25, 0.3) is 5.91 Å². The van der Waals surface area contributed by atoms with Gasteiger partial charge in [-0.1, -0.05) is 12.1 Å². The molecular formula is C36H43F3N6O5. The summed E-state index contributed by atoms with van der Waals surface area (Å²) < 4.78 is 62.5. The van der Waals surface area contributed by atoms with Crippen LogP contribution in [0.15, 0.2) is 42.7 Å². The second-order valence-electron chi connectivity index (χ2n) is 15.0. The van der Waals surface area contributed by atoms with Crippen molar-refractivity contribution in [2.75, 3.05) is 55.8 Å². The first-order valence-electron chi connectivity index (χ1n) is 17.1. The van der Waals surface area contributed by atoms with Crippen molar-refractivity contribution in [3.8, 4) is 0 Å². The Balaban J connectivity index is 1.00. The van der Waals surface area contributed by atoms with E-state index in [9.17, 15) is 22.8 Å². The van der Waals surface area contributed by atoms with Gasteiger partial charge in [0.1, 0.15) is 17.8 Å². The minimum atomic E-state index is -4.63. The number of aryl methyl sites for hydroxylation is 1. The molecule has 4 aliphatic heterocycles. The highest BCUT2D eigenvalue weighted by molar-refractivity contribution is 6.11. The van der Waals surface area contributed by atoms with E-state index in [0.717, 1.165) is 30.3 Å². The lowest BCUT2D eigenvalue weighted by molar-refractivity contribution is -0.138. The van der Waals surface area contributed by atoms with E-state index in [1.54, 1.807) is 23.4 Å². The summed E-state index contributed by atoms with van der Waals surface area (Å²) in [6.07, 6.45) is -1.24. The molecule has 0 N–H and O–H groups in total. The van der Waals surface area contributed by atoms with Gasteiger partial charge in [-0.3, -0.25) is 4.79 Å². The molecule has 2 aromatic carbocycles. The number of hydrogen-bond donors (Lipinski definition) is 0. The molecule has 14 heteroatoms. The van der Waals surface area contributed by atoms with Crippen molar-refractivity contribution in [2.45, 2.75) is 69.9 Å². The predicted octanol–water partition coefficient (Wildman–Crippen LogP) is 5.36. The average Bonchev–Trinajstić information content (AvgIpc) is 3.58. The highest BCUT2D eigenvalue weighted by Crippen LogP contribution is 2.43. The van der Waals surface area contributed by atoms with Gasteiger partial charge in [-0.2, -0.15) is 13.2 Å².